The molecule has 0 amide bonds. The molecule has 3 aromatic heterocycles. The lowest BCUT2D eigenvalue weighted by Gasteiger charge is -2.11. The number of para-hydroxylation sites is 2. The van der Waals surface area contributed by atoms with Crippen LogP contribution in [0.4, 0.5) is 0 Å². The van der Waals surface area contributed by atoms with Gasteiger partial charge in [-0.1, -0.05) is 24.2 Å². The van der Waals surface area contributed by atoms with Crippen molar-refractivity contribution in [2.75, 3.05) is 27.4 Å². The van der Waals surface area contributed by atoms with Gasteiger partial charge in [0.2, 0.25) is 11.7 Å². The maximum Gasteiger partial charge on any atom is 0.277 e. The molecule has 4 rings (SSSR count). The van der Waals surface area contributed by atoms with Gasteiger partial charge in [-0.25, -0.2) is 4.98 Å². The third-order valence-corrected chi connectivity index (χ3v) is 4.66. The lowest BCUT2D eigenvalue weighted by Crippen LogP contribution is -2.25. The molecule has 146 valence electrons. The summed E-state index contributed by atoms with van der Waals surface area (Å²) in [5, 5.41) is 4.03. The largest absolute Gasteiger partial charge is 0.384 e. The van der Waals surface area contributed by atoms with Crippen LogP contribution in [0.25, 0.3) is 28.1 Å². The molecule has 0 radical (unpaired) electrons. The Kier molecular flexibility index (Phi) is 4.93. The average Bonchev–Trinajstić information content (AvgIpc) is 3.35. The second-order valence-electron chi connectivity index (χ2n) is 6.56. The Labute approximate surface area is 160 Å². The van der Waals surface area contributed by atoms with E-state index < -0.39 is 0 Å². The Hall–Kier alpha value is -3.04. The van der Waals surface area contributed by atoms with Crippen LogP contribution in [0.1, 0.15) is 18.7 Å². The van der Waals surface area contributed by atoms with Crippen LogP contribution in [0, 0.1) is 0 Å². The molecule has 9 nitrogen and oxygen atoms in total. The van der Waals surface area contributed by atoms with Crippen molar-refractivity contribution in [3.05, 3.63) is 46.8 Å². The summed E-state index contributed by atoms with van der Waals surface area (Å²) >= 11 is 0. The minimum Gasteiger partial charge on any atom is -0.384 e. The van der Waals surface area contributed by atoms with Crippen LogP contribution in [-0.2, 0) is 16.0 Å². The quantitative estimate of drug-likeness (QED) is 0.482. The minimum absolute atomic E-state index is 0.0562. The summed E-state index contributed by atoms with van der Waals surface area (Å²) in [6, 6.07) is 7.67. The van der Waals surface area contributed by atoms with E-state index in [-0.39, 0.29) is 17.3 Å². The Balaban J connectivity index is 1.92. The van der Waals surface area contributed by atoms with E-state index in [1.54, 1.807) is 29.5 Å². The zero-order valence-electron chi connectivity index (χ0n) is 16.0. The van der Waals surface area contributed by atoms with Crippen molar-refractivity contribution < 1.29 is 14.0 Å². The fourth-order valence-electron chi connectivity index (χ4n) is 3.29. The van der Waals surface area contributed by atoms with Gasteiger partial charge in [-0.2, -0.15) is 4.98 Å². The van der Waals surface area contributed by atoms with Crippen molar-refractivity contribution in [3.63, 3.8) is 0 Å². The molecule has 0 aliphatic heterocycles. The normalized spacial score (nSPS) is 12.8. The summed E-state index contributed by atoms with van der Waals surface area (Å²) in [5.41, 5.74) is 2.29. The highest BCUT2D eigenvalue weighted by molar-refractivity contribution is 5.83. The Morgan fingerprint density at radius 1 is 1.18 bits per heavy atom. The highest BCUT2D eigenvalue weighted by atomic mass is 16.5. The van der Waals surface area contributed by atoms with Gasteiger partial charge < -0.3 is 18.6 Å². The summed E-state index contributed by atoms with van der Waals surface area (Å²) in [5.74, 6) is 0.670. The average molecular weight is 383 g/mol. The minimum atomic E-state index is -0.181. The van der Waals surface area contributed by atoms with Gasteiger partial charge in [0.05, 0.1) is 30.2 Å². The number of benzene rings is 1. The summed E-state index contributed by atoms with van der Waals surface area (Å²) in [6.45, 7) is 3.24. The molecule has 28 heavy (non-hydrogen) atoms. The van der Waals surface area contributed by atoms with Gasteiger partial charge in [-0.05, 0) is 12.1 Å². The van der Waals surface area contributed by atoms with E-state index in [9.17, 15) is 4.79 Å². The van der Waals surface area contributed by atoms with Crippen LogP contribution < -0.4 is 5.56 Å². The number of imidazole rings is 1. The van der Waals surface area contributed by atoms with Crippen LogP contribution in [0.15, 0.2) is 39.9 Å². The highest BCUT2D eigenvalue weighted by Crippen LogP contribution is 2.24. The molecule has 3 heterocycles. The first kappa shape index (κ1) is 18.3. The number of nitrogens with zero attached hydrogens (tertiary/aromatic N) is 5. The molecule has 0 aliphatic carbocycles. The smallest absolute Gasteiger partial charge is 0.277 e. The zero-order chi connectivity index (χ0) is 19.7. The second-order valence-corrected chi connectivity index (χ2v) is 6.56. The van der Waals surface area contributed by atoms with Gasteiger partial charge in [0.1, 0.15) is 17.5 Å². The van der Waals surface area contributed by atoms with Gasteiger partial charge in [0.15, 0.2) is 0 Å². The number of aromatic nitrogens is 5. The maximum absolute atomic E-state index is 13.3. The van der Waals surface area contributed by atoms with Crippen molar-refractivity contribution in [1.82, 2.24) is 24.1 Å². The van der Waals surface area contributed by atoms with Gasteiger partial charge in [0.25, 0.3) is 5.56 Å². The summed E-state index contributed by atoms with van der Waals surface area (Å²) in [7, 11) is 3.22. The first-order valence-electron chi connectivity index (χ1n) is 8.96. The third kappa shape index (κ3) is 2.98. The monoisotopic (exact) mass is 383 g/mol. The van der Waals surface area contributed by atoms with Crippen molar-refractivity contribution in [1.29, 1.82) is 0 Å². The summed E-state index contributed by atoms with van der Waals surface area (Å²) < 4.78 is 19.1. The summed E-state index contributed by atoms with van der Waals surface area (Å²) in [4.78, 5) is 22.1. The number of fused-ring (bicyclic) bond motifs is 3. The molecule has 0 spiro atoms. The number of rotatable bonds is 7. The number of hydrogen-bond donors (Lipinski definition) is 0. The van der Waals surface area contributed by atoms with Crippen LogP contribution in [0.3, 0.4) is 0 Å². The van der Waals surface area contributed by atoms with E-state index in [0.717, 1.165) is 11.0 Å². The third-order valence-electron chi connectivity index (χ3n) is 4.66. The van der Waals surface area contributed by atoms with E-state index in [1.165, 1.54) is 0 Å². The van der Waals surface area contributed by atoms with Crippen LogP contribution in [-0.4, -0.2) is 51.5 Å². The molecule has 0 aliphatic rings. The number of methoxy groups -OCH3 is 2. The predicted molar refractivity (Wildman–Crippen MR) is 102 cm³/mol. The standard InChI is InChI=1S/C19H21N5O4/c1-12(10-27-3)18-21-17(22-28-18)15-16-19(25)23(8-9-26-2)13-6-4-5-7-14(13)24(16)11-20-15/h4-7,11-12H,8-10H2,1-3H3. The van der Waals surface area contributed by atoms with Crippen molar-refractivity contribution in [2.24, 2.45) is 0 Å². The maximum atomic E-state index is 13.3. The molecule has 1 aromatic carbocycles. The van der Waals surface area contributed by atoms with Gasteiger partial charge in [-0.15, -0.1) is 0 Å². The van der Waals surface area contributed by atoms with E-state index >= 15 is 0 Å². The highest BCUT2D eigenvalue weighted by Gasteiger charge is 2.22. The topological polar surface area (TPSA) is 96.7 Å². The Morgan fingerprint density at radius 3 is 2.71 bits per heavy atom. The van der Waals surface area contributed by atoms with E-state index in [1.807, 2.05) is 31.2 Å². The Bertz CT molecular complexity index is 1180. The molecule has 9 heteroatoms. The molecule has 0 saturated carbocycles. The molecule has 0 saturated heterocycles. The van der Waals surface area contributed by atoms with Crippen LogP contribution in [0.2, 0.25) is 0 Å². The molecule has 0 bridgehead atoms. The van der Waals surface area contributed by atoms with Gasteiger partial charge >= 0.3 is 0 Å². The lowest BCUT2D eigenvalue weighted by molar-refractivity contribution is 0.170. The molecular weight excluding hydrogens is 362 g/mol. The first-order chi connectivity index (χ1) is 13.7. The molecule has 0 fully saturated rings. The van der Waals surface area contributed by atoms with E-state index in [4.69, 9.17) is 14.0 Å². The zero-order valence-corrected chi connectivity index (χ0v) is 16.0. The van der Waals surface area contributed by atoms with Crippen LogP contribution in [0.5, 0.6) is 0 Å². The molecular formula is C19H21N5O4. The van der Waals surface area contributed by atoms with E-state index in [0.29, 0.717) is 36.9 Å². The fourth-order valence-corrected chi connectivity index (χ4v) is 3.29. The van der Waals surface area contributed by atoms with Crippen molar-refractivity contribution in [3.8, 4) is 11.5 Å². The molecule has 1 unspecified atom stereocenters. The second kappa shape index (κ2) is 7.53. The number of ether oxygens (including phenoxy) is 2. The first-order valence-corrected chi connectivity index (χ1v) is 8.96. The van der Waals surface area contributed by atoms with Gasteiger partial charge in [-0.3, -0.25) is 9.20 Å². The summed E-state index contributed by atoms with van der Waals surface area (Å²) in [6.07, 6.45) is 1.61. The lowest BCUT2D eigenvalue weighted by atomic mass is 10.2. The SMILES string of the molecule is COCCn1c(=O)c2c(-c3noc(C(C)COC)n3)ncn2c2ccccc21. The van der Waals surface area contributed by atoms with Crippen LogP contribution >= 0.6 is 0 Å². The number of hydrogen-bond acceptors (Lipinski definition) is 7. The Morgan fingerprint density at radius 2 is 1.96 bits per heavy atom. The predicted octanol–water partition coefficient (Wildman–Crippen LogP) is 2.10. The van der Waals surface area contributed by atoms with Crippen molar-refractivity contribution in [2.45, 2.75) is 19.4 Å². The molecule has 1 atom stereocenters. The molecule has 0 N–H and O–H groups in total. The van der Waals surface area contributed by atoms with Crippen molar-refractivity contribution >= 4 is 16.6 Å². The van der Waals surface area contributed by atoms with E-state index in [2.05, 4.69) is 15.1 Å². The molecule has 4 aromatic rings. The fraction of sp³-hybridized carbons (Fsp3) is 0.368. The van der Waals surface area contributed by atoms with Gasteiger partial charge in [0, 0.05) is 20.8 Å².